The summed E-state index contributed by atoms with van der Waals surface area (Å²) in [5, 5.41) is 12.4. The molecule has 1 atom stereocenters. The third-order valence-corrected chi connectivity index (χ3v) is 5.98. The predicted molar refractivity (Wildman–Crippen MR) is 121 cm³/mol. The van der Waals surface area contributed by atoms with Crippen LogP contribution in [0.15, 0.2) is 66.7 Å². The molecule has 0 spiro atoms. The van der Waals surface area contributed by atoms with Gasteiger partial charge >= 0.3 is 12.1 Å². The number of hydrogen-bond donors (Lipinski definition) is 2. The third-order valence-electron chi connectivity index (χ3n) is 5.61. The summed E-state index contributed by atoms with van der Waals surface area (Å²) in [5.41, 5.74) is 4.96. The van der Waals surface area contributed by atoms with Gasteiger partial charge in [-0.3, -0.25) is 0 Å². The van der Waals surface area contributed by atoms with Crippen molar-refractivity contribution in [1.29, 1.82) is 0 Å². The van der Waals surface area contributed by atoms with E-state index in [0.29, 0.717) is 16.3 Å². The van der Waals surface area contributed by atoms with Gasteiger partial charge < -0.3 is 19.9 Å². The fraction of sp³-hybridized carbons (Fsp3) is 0.200. The lowest BCUT2D eigenvalue weighted by molar-refractivity contribution is -0.139. The number of rotatable bonds is 7. The van der Waals surface area contributed by atoms with Crippen molar-refractivity contribution in [2.45, 2.75) is 18.4 Å². The summed E-state index contributed by atoms with van der Waals surface area (Å²) in [7, 11) is 1.51. The summed E-state index contributed by atoms with van der Waals surface area (Å²) in [6, 6.07) is 19.8. The van der Waals surface area contributed by atoms with E-state index in [1.54, 1.807) is 18.2 Å². The normalized spacial score (nSPS) is 13.1. The van der Waals surface area contributed by atoms with Crippen molar-refractivity contribution < 1.29 is 24.2 Å². The Hall–Kier alpha value is -3.51. The number of benzene rings is 3. The van der Waals surface area contributed by atoms with E-state index >= 15 is 0 Å². The zero-order chi connectivity index (χ0) is 22.7. The number of alkyl carbamates (subject to hydrolysis) is 1. The van der Waals surface area contributed by atoms with E-state index in [9.17, 15) is 14.7 Å². The highest BCUT2D eigenvalue weighted by molar-refractivity contribution is 6.31. The number of ether oxygens (including phenoxy) is 2. The number of amides is 1. The van der Waals surface area contributed by atoms with Crippen molar-refractivity contribution in [2.24, 2.45) is 0 Å². The molecule has 3 aromatic carbocycles. The molecule has 0 radical (unpaired) electrons. The molecule has 1 unspecified atom stereocenters. The molecule has 1 amide bonds. The molecule has 32 heavy (non-hydrogen) atoms. The fourth-order valence-electron chi connectivity index (χ4n) is 4.04. The van der Waals surface area contributed by atoms with Crippen LogP contribution in [0.1, 0.15) is 22.6 Å². The predicted octanol–water partition coefficient (Wildman–Crippen LogP) is 4.88. The molecule has 164 valence electrons. The largest absolute Gasteiger partial charge is 0.497 e. The van der Waals surface area contributed by atoms with E-state index in [1.165, 1.54) is 7.11 Å². The second-order valence-corrected chi connectivity index (χ2v) is 7.93. The van der Waals surface area contributed by atoms with E-state index in [0.717, 1.165) is 22.3 Å². The molecule has 0 fully saturated rings. The topological polar surface area (TPSA) is 84.9 Å². The van der Waals surface area contributed by atoms with Gasteiger partial charge in [-0.2, -0.15) is 0 Å². The first kappa shape index (κ1) is 21.7. The SMILES string of the molecule is COc1ccc(Cl)c(CC(NC(=O)OCC2c3ccccc3-c3ccccc32)C(=O)O)c1. The number of methoxy groups -OCH3 is 1. The van der Waals surface area contributed by atoms with E-state index in [4.69, 9.17) is 21.1 Å². The molecule has 3 aromatic rings. The van der Waals surface area contributed by atoms with Gasteiger partial charge in [0.1, 0.15) is 18.4 Å². The molecular weight excluding hydrogens is 430 g/mol. The molecular formula is C25H22ClNO5. The zero-order valence-electron chi connectivity index (χ0n) is 17.4. The summed E-state index contributed by atoms with van der Waals surface area (Å²) in [5.74, 6) is -0.740. The van der Waals surface area contributed by atoms with Crippen molar-refractivity contribution in [2.75, 3.05) is 13.7 Å². The lowest BCUT2D eigenvalue weighted by Crippen LogP contribution is -2.43. The molecule has 6 nitrogen and oxygen atoms in total. The number of carboxylic acid groups (broad SMARTS) is 1. The van der Waals surface area contributed by atoms with Gasteiger partial charge in [0, 0.05) is 17.4 Å². The molecule has 0 aliphatic heterocycles. The summed E-state index contributed by atoms with van der Waals surface area (Å²) >= 11 is 6.19. The van der Waals surface area contributed by atoms with Gasteiger partial charge in [-0.1, -0.05) is 60.1 Å². The maximum absolute atomic E-state index is 12.5. The van der Waals surface area contributed by atoms with E-state index in [1.807, 2.05) is 48.5 Å². The van der Waals surface area contributed by atoms with Crippen LogP contribution in [0.2, 0.25) is 5.02 Å². The van der Waals surface area contributed by atoms with Gasteiger partial charge in [-0.25, -0.2) is 9.59 Å². The number of aliphatic carboxylic acids is 1. The minimum absolute atomic E-state index is 0.00440. The lowest BCUT2D eigenvalue weighted by atomic mass is 9.98. The van der Waals surface area contributed by atoms with Crippen LogP contribution >= 0.6 is 11.6 Å². The first-order chi connectivity index (χ1) is 15.5. The van der Waals surface area contributed by atoms with Crippen LogP contribution in [0.5, 0.6) is 5.75 Å². The standard InChI is InChI=1S/C25H22ClNO5/c1-31-16-10-11-22(26)15(12-16)13-23(24(28)29)27-25(30)32-14-21-19-8-4-2-6-17(19)18-7-3-5-9-20(18)21/h2-12,21,23H,13-14H2,1H3,(H,27,30)(H,28,29). The Morgan fingerprint density at radius 3 is 2.25 bits per heavy atom. The number of hydrogen-bond acceptors (Lipinski definition) is 4. The average molecular weight is 452 g/mol. The molecule has 0 saturated heterocycles. The first-order valence-corrected chi connectivity index (χ1v) is 10.5. The smallest absolute Gasteiger partial charge is 0.407 e. The van der Waals surface area contributed by atoms with Crippen molar-refractivity contribution in [1.82, 2.24) is 5.32 Å². The number of carbonyl (C=O) groups excluding carboxylic acids is 1. The molecule has 7 heteroatoms. The zero-order valence-corrected chi connectivity index (χ0v) is 18.1. The molecule has 2 N–H and O–H groups in total. The monoisotopic (exact) mass is 451 g/mol. The van der Waals surface area contributed by atoms with Crippen molar-refractivity contribution in [3.8, 4) is 16.9 Å². The number of halogens is 1. The third kappa shape index (κ3) is 4.41. The van der Waals surface area contributed by atoms with E-state index in [2.05, 4.69) is 5.32 Å². The molecule has 0 saturated carbocycles. The van der Waals surface area contributed by atoms with Gasteiger partial charge in [0.2, 0.25) is 0 Å². The van der Waals surface area contributed by atoms with Gasteiger partial charge in [-0.05, 0) is 46.0 Å². The van der Waals surface area contributed by atoms with Crippen molar-refractivity contribution in [3.63, 3.8) is 0 Å². The van der Waals surface area contributed by atoms with Gasteiger partial charge in [0.25, 0.3) is 0 Å². The summed E-state index contributed by atoms with van der Waals surface area (Å²) in [6.45, 7) is 0.103. The van der Waals surface area contributed by atoms with Crippen molar-refractivity contribution >= 4 is 23.7 Å². The van der Waals surface area contributed by atoms with Crippen LogP contribution in [-0.4, -0.2) is 36.9 Å². The molecule has 4 rings (SSSR count). The minimum Gasteiger partial charge on any atom is -0.497 e. The number of carboxylic acids is 1. The molecule has 1 aliphatic carbocycles. The first-order valence-electron chi connectivity index (χ1n) is 10.1. The van der Waals surface area contributed by atoms with Gasteiger partial charge in [0.15, 0.2) is 0 Å². The Morgan fingerprint density at radius 1 is 1.03 bits per heavy atom. The number of nitrogens with one attached hydrogen (secondary N) is 1. The van der Waals surface area contributed by atoms with Crippen LogP contribution in [-0.2, 0) is 16.0 Å². The van der Waals surface area contributed by atoms with Crippen LogP contribution < -0.4 is 10.1 Å². The molecule has 0 bridgehead atoms. The Bertz CT molecular complexity index is 1120. The van der Waals surface area contributed by atoms with E-state index in [-0.39, 0.29) is 18.9 Å². The Labute approximate surface area is 190 Å². The highest BCUT2D eigenvalue weighted by Crippen LogP contribution is 2.44. The molecule has 0 aromatic heterocycles. The van der Waals surface area contributed by atoms with Crippen LogP contribution in [0.25, 0.3) is 11.1 Å². The molecule has 0 heterocycles. The van der Waals surface area contributed by atoms with Crippen LogP contribution in [0, 0.1) is 0 Å². The number of carbonyl (C=O) groups is 2. The highest BCUT2D eigenvalue weighted by atomic mass is 35.5. The quantitative estimate of drug-likeness (QED) is 0.534. The second-order valence-electron chi connectivity index (χ2n) is 7.52. The lowest BCUT2D eigenvalue weighted by Gasteiger charge is -2.18. The minimum atomic E-state index is -1.20. The average Bonchev–Trinajstić information content (AvgIpc) is 3.12. The summed E-state index contributed by atoms with van der Waals surface area (Å²) in [6.07, 6.45) is -0.798. The Kier molecular flexibility index (Phi) is 6.32. The van der Waals surface area contributed by atoms with Crippen LogP contribution in [0.3, 0.4) is 0 Å². The second kappa shape index (κ2) is 9.32. The van der Waals surface area contributed by atoms with Gasteiger partial charge in [0.05, 0.1) is 7.11 Å². The number of fused-ring (bicyclic) bond motifs is 3. The highest BCUT2D eigenvalue weighted by Gasteiger charge is 2.30. The van der Waals surface area contributed by atoms with Gasteiger partial charge in [-0.15, -0.1) is 0 Å². The van der Waals surface area contributed by atoms with Crippen LogP contribution in [0.4, 0.5) is 4.79 Å². The Morgan fingerprint density at radius 2 is 1.66 bits per heavy atom. The molecule has 1 aliphatic rings. The fourth-order valence-corrected chi connectivity index (χ4v) is 4.23. The van der Waals surface area contributed by atoms with Crippen molar-refractivity contribution in [3.05, 3.63) is 88.4 Å². The summed E-state index contributed by atoms with van der Waals surface area (Å²) < 4.78 is 10.6. The van der Waals surface area contributed by atoms with E-state index < -0.39 is 18.1 Å². The maximum atomic E-state index is 12.5. The summed E-state index contributed by atoms with van der Waals surface area (Å²) in [4.78, 5) is 24.2. The maximum Gasteiger partial charge on any atom is 0.407 e. The Balaban J connectivity index is 1.44.